The summed E-state index contributed by atoms with van der Waals surface area (Å²) in [6.07, 6.45) is 1.02. The number of para-hydroxylation sites is 1. The summed E-state index contributed by atoms with van der Waals surface area (Å²) in [4.78, 5) is 0. The summed E-state index contributed by atoms with van der Waals surface area (Å²) >= 11 is 2.00. The first-order valence-electron chi connectivity index (χ1n) is 6.71. The van der Waals surface area contributed by atoms with E-state index in [-0.39, 0.29) is 5.60 Å². The highest BCUT2D eigenvalue weighted by Gasteiger charge is 2.34. The minimum atomic E-state index is -0.0505. The Bertz CT molecular complexity index is 450. The molecule has 1 fully saturated rings. The van der Waals surface area contributed by atoms with Crippen LogP contribution in [0.3, 0.4) is 0 Å². The van der Waals surface area contributed by atoms with E-state index in [0.717, 1.165) is 24.6 Å². The molecule has 2 aliphatic rings. The van der Waals surface area contributed by atoms with Gasteiger partial charge >= 0.3 is 0 Å². The number of thioether (sulfide) groups is 1. The predicted molar refractivity (Wildman–Crippen MR) is 77.2 cm³/mol. The van der Waals surface area contributed by atoms with E-state index in [1.807, 2.05) is 11.8 Å². The molecule has 3 heteroatoms. The predicted octanol–water partition coefficient (Wildman–Crippen LogP) is 3.37. The number of hydrogen-bond acceptors (Lipinski definition) is 3. The Balaban J connectivity index is 1.89. The van der Waals surface area contributed by atoms with Gasteiger partial charge in [-0.2, -0.15) is 0 Å². The molecule has 18 heavy (non-hydrogen) atoms. The molecule has 98 valence electrons. The molecule has 2 heterocycles. The van der Waals surface area contributed by atoms with Crippen LogP contribution in [0.4, 0.5) is 0 Å². The molecule has 0 aromatic heterocycles. The summed E-state index contributed by atoms with van der Waals surface area (Å²) in [6.45, 7) is 7.73. The van der Waals surface area contributed by atoms with Crippen molar-refractivity contribution >= 4 is 11.8 Å². The van der Waals surface area contributed by atoms with Gasteiger partial charge < -0.3 is 10.1 Å². The number of rotatable bonds is 1. The largest absolute Gasteiger partial charge is 0.487 e. The fourth-order valence-corrected chi connectivity index (χ4v) is 3.95. The van der Waals surface area contributed by atoms with Crippen molar-refractivity contribution in [3.8, 4) is 5.75 Å². The van der Waals surface area contributed by atoms with E-state index in [0.29, 0.717) is 5.37 Å². The van der Waals surface area contributed by atoms with Crippen molar-refractivity contribution in [1.29, 1.82) is 0 Å². The fraction of sp³-hybridized carbons (Fsp3) is 0.600. The van der Waals surface area contributed by atoms with E-state index < -0.39 is 0 Å². The molecule has 2 unspecified atom stereocenters. The Labute approximate surface area is 113 Å². The van der Waals surface area contributed by atoms with Gasteiger partial charge in [0.05, 0.1) is 5.37 Å². The van der Waals surface area contributed by atoms with Gasteiger partial charge in [-0.1, -0.05) is 25.1 Å². The van der Waals surface area contributed by atoms with Crippen molar-refractivity contribution < 1.29 is 4.74 Å². The van der Waals surface area contributed by atoms with Gasteiger partial charge in [0, 0.05) is 12.0 Å². The van der Waals surface area contributed by atoms with Crippen LogP contribution in [-0.2, 0) is 6.42 Å². The van der Waals surface area contributed by atoms with Gasteiger partial charge in [0.25, 0.3) is 0 Å². The SMILES string of the molecule is CC1CNC(c2cccc3c2OC(C)(C)C3)SC1. The summed E-state index contributed by atoms with van der Waals surface area (Å²) in [5, 5.41) is 4.02. The first-order valence-corrected chi connectivity index (χ1v) is 7.76. The van der Waals surface area contributed by atoms with Crippen molar-refractivity contribution in [3.63, 3.8) is 0 Å². The summed E-state index contributed by atoms with van der Waals surface area (Å²) < 4.78 is 6.15. The summed E-state index contributed by atoms with van der Waals surface area (Å²) in [5.74, 6) is 3.12. The van der Waals surface area contributed by atoms with Crippen LogP contribution in [0.5, 0.6) is 5.75 Å². The normalized spacial score (nSPS) is 29.7. The van der Waals surface area contributed by atoms with Crippen molar-refractivity contribution in [2.45, 2.75) is 38.2 Å². The highest BCUT2D eigenvalue weighted by atomic mass is 32.2. The number of fused-ring (bicyclic) bond motifs is 1. The maximum Gasteiger partial charge on any atom is 0.129 e. The average molecular weight is 263 g/mol. The molecule has 0 spiro atoms. The lowest BCUT2D eigenvalue weighted by atomic mass is 10.0. The highest BCUT2D eigenvalue weighted by molar-refractivity contribution is 7.99. The standard InChI is InChI=1S/C15H21NOS/c1-10-8-16-14(18-9-10)12-6-4-5-11-7-15(2,3)17-13(11)12/h4-6,10,14,16H,7-9H2,1-3H3. The van der Waals surface area contributed by atoms with E-state index in [1.165, 1.54) is 16.9 Å². The van der Waals surface area contributed by atoms with Crippen LogP contribution >= 0.6 is 11.8 Å². The Hall–Kier alpha value is -0.670. The zero-order chi connectivity index (χ0) is 12.8. The third-order valence-corrected chi connectivity index (χ3v) is 5.12. The van der Waals surface area contributed by atoms with Gasteiger partial charge in [0.15, 0.2) is 0 Å². The molecule has 0 bridgehead atoms. The lowest BCUT2D eigenvalue weighted by molar-refractivity contribution is 0.137. The molecule has 0 amide bonds. The van der Waals surface area contributed by atoms with Gasteiger partial charge in [-0.05, 0) is 37.6 Å². The fourth-order valence-electron chi connectivity index (χ4n) is 2.73. The minimum Gasteiger partial charge on any atom is -0.487 e. The molecule has 0 saturated carbocycles. The van der Waals surface area contributed by atoms with Gasteiger partial charge in [-0.15, -0.1) is 11.8 Å². The van der Waals surface area contributed by atoms with E-state index in [1.54, 1.807) is 0 Å². The maximum atomic E-state index is 6.15. The van der Waals surface area contributed by atoms with E-state index in [4.69, 9.17) is 4.74 Å². The topological polar surface area (TPSA) is 21.3 Å². The smallest absolute Gasteiger partial charge is 0.129 e. The molecule has 3 rings (SSSR count). The van der Waals surface area contributed by atoms with Crippen LogP contribution in [-0.4, -0.2) is 17.9 Å². The van der Waals surface area contributed by atoms with Gasteiger partial charge in [-0.3, -0.25) is 0 Å². The molecular formula is C15H21NOS. The molecule has 2 atom stereocenters. The third-order valence-electron chi connectivity index (χ3n) is 3.60. The van der Waals surface area contributed by atoms with Crippen LogP contribution in [0.15, 0.2) is 18.2 Å². The van der Waals surface area contributed by atoms with Gasteiger partial charge in [0.2, 0.25) is 0 Å². The number of benzene rings is 1. The molecule has 1 N–H and O–H groups in total. The quantitative estimate of drug-likeness (QED) is 0.839. The first-order chi connectivity index (χ1) is 8.55. The number of hydrogen-bond donors (Lipinski definition) is 1. The Morgan fingerprint density at radius 3 is 2.94 bits per heavy atom. The Morgan fingerprint density at radius 2 is 2.22 bits per heavy atom. The van der Waals surface area contributed by atoms with Crippen molar-refractivity contribution in [3.05, 3.63) is 29.3 Å². The number of nitrogens with one attached hydrogen (secondary N) is 1. The Kier molecular flexibility index (Phi) is 3.07. The second kappa shape index (κ2) is 4.46. The molecule has 0 radical (unpaired) electrons. The maximum absolute atomic E-state index is 6.15. The van der Waals surface area contributed by atoms with E-state index in [9.17, 15) is 0 Å². The molecule has 0 aliphatic carbocycles. The molecule has 2 nitrogen and oxygen atoms in total. The molecular weight excluding hydrogens is 242 g/mol. The van der Waals surface area contributed by atoms with Crippen LogP contribution in [0.2, 0.25) is 0 Å². The summed E-state index contributed by atoms with van der Waals surface area (Å²) in [7, 11) is 0. The van der Waals surface area contributed by atoms with E-state index in [2.05, 4.69) is 44.3 Å². The number of ether oxygens (including phenoxy) is 1. The van der Waals surface area contributed by atoms with E-state index >= 15 is 0 Å². The first kappa shape index (κ1) is 12.4. The minimum absolute atomic E-state index is 0.0505. The monoisotopic (exact) mass is 263 g/mol. The zero-order valence-electron chi connectivity index (χ0n) is 11.3. The third kappa shape index (κ3) is 2.26. The van der Waals surface area contributed by atoms with Crippen molar-refractivity contribution in [2.24, 2.45) is 5.92 Å². The summed E-state index contributed by atoms with van der Waals surface area (Å²) in [6, 6.07) is 6.57. The summed E-state index contributed by atoms with van der Waals surface area (Å²) in [5.41, 5.74) is 2.64. The van der Waals surface area contributed by atoms with Crippen LogP contribution < -0.4 is 10.1 Å². The molecule has 1 saturated heterocycles. The lowest BCUT2D eigenvalue weighted by Crippen LogP contribution is -2.31. The van der Waals surface area contributed by atoms with Crippen LogP contribution in [0, 0.1) is 5.92 Å². The highest BCUT2D eigenvalue weighted by Crippen LogP contribution is 2.43. The molecule has 1 aromatic carbocycles. The Morgan fingerprint density at radius 1 is 1.39 bits per heavy atom. The van der Waals surface area contributed by atoms with Crippen LogP contribution in [0.1, 0.15) is 37.3 Å². The average Bonchev–Trinajstić information content (AvgIpc) is 2.64. The van der Waals surface area contributed by atoms with Crippen molar-refractivity contribution in [1.82, 2.24) is 5.32 Å². The van der Waals surface area contributed by atoms with Gasteiger partial charge in [0.1, 0.15) is 11.4 Å². The van der Waals surface area contributed by atoms with Gasteiger partial charge in [-0.25, -0.2) is 0 Å². The van der Waals surface area contributed by atoms with Crippen molar-refractivity contribution in [2.75, 3.05) is 12.3 Å². The lowest BCUT2D eigenvalue weighted by Gasteiger charge is -2.29. The second-order valence-corrected chi connectivity index (χ2v) is 7.24. The van der Waals surface area contributed by atoms with Crippen LogP contribution in [0.25, 0.3) is 0 Å². The molecule has 2 aliphatic heterocycles. The zero-order valence-corrected chi connectivity index (χ0v) is 12.1. The molecule has 1 aromatic rings. The second-order valence-electron chi connectivity index (χ2n) is 6.10.